The van der Waals surface area contributed by atoms with E-state index < -0.39 is 23.1 Å². The van der Waals surface area contributed by atoms with Gasteiger partial charge in [0, 0.05) is 23.0 Å². The van der Waals surface area contributed by atoms with Crippen LogP contribution in [0, 0.1) is 12.3 Å². The molecule has 2 amide bonds. The van der Waals surface area contributed by atoms with Gasteiger partial charge in [0.05, 0.1) is 23.0 Å². The second-order valence-electron chi connectivity index (χ2n) is 8.20. The van der Waals surface area contributed by atoms with Crippen molar-refractivity contribution in [1.82, 2.24) is 14.8 Å². The minimum absolute atomic E-state index is 0.154. The zero-order valence-electron chi connectivity index (χ0n) is 17.9. The molecule has 3 aromatic rings. The highest BCUT2D eigenvalue weighted by molar-refractivity contribution is 6.05. The van der Waals surface area contributed by atoms with Crippen LogP contribution in [0.4, 0.5) is 24.5 Å². The van der Waals surface area contributed by atoms with Gasteiger partial charge >= 0.3 is 6.18 Å². The van der Waals surface area contributed by atoms with Crippen LogP contribution in [-0.4, -0.2) is 26.6 Å². The maximum absolute atomic E-state index is 12.7. The zero-order chi connectivity index (χ0) is 23.7. The summed E-state index contributed by atoms with van der Waals surface area (Å²) in [6.45, 7) is 6.99. The van der Waals surface area contributed by atoms with Crippen LogP contribution < -0.4 is 10.6 Å². The Balaban J connectivity index is 1.77. The van der Waals surface area contributed by atoms with Crippen LogP contribution in [0.3, 0.4) is 0 Å². The van der Waals surface area contributed by atoms with Gasteiger partial charge in [-0.1, -0.05) is 26.8 Å². The number of nitrogens with one attached hydrogen (secondary N) is 2. The fourth-order valence-electron chi connectivity index (χ4n) is 2.73. The van der Waals surface area contributed by atoms with E-state index in [1.807, 2.05) is 0 Å². The zero-order valence-corrected chi connectivity index (χ0v) is 17.9. The molecule has 0 spiro atoms. The van der Waals surface area contributed by atoms with Crippen molar-refractivity contribution in [1.29, 1.82) is 0 Å². The van der Waals surface area contributed by atoms with E-state index in [0.717, 1.165) is 6.07 Å². The van der Waals surface area contributed by atoms with E-state index >= 15 is 0 Å². The van der Waals surface area contributed by atoms with Gasteiger partial charge in [-0.25, -0.2) is 9.67 Å². The van der Waals surface area contributed by atoms with Crippen LogP contribution >= 0.6 is 0 Å². The molecule has 0 atom stereocenters. The second kappa shape index (κ2) is 8.45. The van der Waals surface area contributed by atoms with E-state index in [9.17, 15) is 22.8 Å². The SMILES string of the molecule is Cc1c(C(=O)Nc2cccc(NC(=O)C(C)(C)C)c2)cnn1-c1ccc(C(F)(F)F)cn1. The number of halogens is 3. The first-order valence-electron chi connectivity index (χ1n) is 9.67. The smallest absolute Gasteiger partial charge is 0.326 e. The lowest BCUT2D eigenvalue weighted by molar-refractivity contribution is -0.137. The third kappa shape index (κ3) is 5.13. The monoisotopic (exact) mass is 445 g/mol. The fourth-order valence-corrected chi connectivity index (χ4v) is 2.73. The molecule has 0 aliphatic heterocycles. The molecule has 0 bridgehead atoms. The molecule has 0 radical (unpaired) electrons. The predicted octanol–water partition coefficient (Wildman–Crippen LogP) is 4.83. The molecular weight excluding hydrogens is 423 g/mol. The van der Waals surface area contributed by atoms with Crippen LogP contribution in [0.1, 0.15) is 42.4 Å². The third-order valence-electron chi connectivity index (χ3n) is 4.61. The number of amides is 2. The summed E-state index contributed by atoms with van der Waals surface area (Å²) in [6.07, 6.45) is -2.46. The van der Waals surface area contributed by atoms with E-state index in [-0.39, 0.29) is 17.3 Å². The summed E-state index contributed by atoms with van der Waals surface area (Å²) < 4.78 is 39.5. The van der Waals surface area contributed by atoms with Crippen molar-refractivity contribution in [3.05, 3.63) is 65.6 Å². The number of hydrogen-bond donors (Lipinski definition) is 2. The lowest BCUT2D eigenvalue weighted by atomic mass is 9.95. The van der Waals surface area contributed by atoms with Gasteiger partial charge in [0.15, 0.2) is 5.82 Å². The van der Waals surface area contributed by atoms with Gasteiger partial charge in [0.1, 0.15) is 0 Å². The number of aromatic nitrogens is 3. The molecule has 10 heteroatoms. The molecule has 0 fully saturated rings. The Hall–Kier alpha value is -3.69. The number of anilines is 2. The molecule has 2 N–H and O–H groups in total. The summed E-state index contributed by atoms with van der Waals surface area (Å²) in [7, 11) is 0. The highest BCUT2D eigenvalue weighted by atomic mass is 19.4. The van der Waals surface area contributed by atoms with E-state index in [2.05, 4.69) is 20.7 Å². The molecule has 7 nitrogen and oxygen atoms in total. The molecule has 0 aliphatic carbocycles. The van der Waals surface area contributed by atoms with Crippen molar-refractivity contribution < 1.29 is 22.8 Å². The van der Waals surface area contributed by atoms with E-state index in [4.69, 9.17) is 0 Å². The number of carbonyl (C=O) groups excluding carboxylic acids is 2. The van der Waals surface area contributed by atoms with Gasteiger partial charge in [-0.2, -0.15) is 18.3 Å². The standard InChI is InChI=1S/C22H22F3N5O2/c1-13-17(12-27-30(13)18-9-8-14(11-26-18)22(23,24)25)19(31)28-15-6-5-7-16(10-15)29-20(32)21(2,3)4/h5-12H,1-4H3,(H,28,31)(H,29,32). The van der Waals surface area contributed by atoms with Crippen molar-refractivity contribution in [2.75, 3.05) is 10.6 Å². The molecule has 0 unspecified atom stereocenters. The number of pyridine rings is 1. The summed E-state index contributed by atoms with van der Waals surface area (Å²) in [5.74, 6) is -0.469. The van der Waals surface area contributed by atoms with Crippen LogP contribution in [-0.2, 0) is 11.0 Å². The second-order valence-corrected chi connectivity index (χ2v) is 8.20. The van der Waals surface area contributed by atoms with Gasteiger partial charge in [0.2, 0.25) is 5.91 Å². The average Bonchev–Trinajstić information content (AvgIpc) is 3.08. The molecule has 2 aromatic heterocycles. The quantitative estimate of drug-likeness (QED) is 0.602. The van der Waals surface area contributed by atoms with Gasteiger partial charge in [-0.05, 0) is 37.3 Å². The van der Waals surface area contributed by atoms with Crippen molar-refractivity contribution in [3.8, 4) is 5.82 Å². The molecule has 2 heterocycles. The Bertz CT molecular complexity index is 1150. The maximum Gasteiger partial charge on any atom is 0.417 e. The average molecular weight is 445 g/mol. The predicted molar refractivity (Wildman–Crippen MR) is 114 cm³/mol. The van der Waals surface area contributed by atoms with Gasteiger partial charge in [-0.3, -0.25) is 9.59 Å². The summed E-state index contributed by atoms with van der Waals surface area (Å²) in [5.41, 5.74) is 0.188. The Labute approximate surface area is 182 Å². The van der Waals surface area contributed by atoms with Crippen LogP contribution in [0.25, 0.3) is 5.82 Å². The maximum atomic E-state index is 12.7. The molecule has 0 saturated heterocycles. The molecule has 1 aromatic carbocycles. The minimum atomic E-state index is -4.49. The molecule has 32 heavy (non-hydrogen) atoms. The number of rotatable bonds is 4. The fraction of sp³-hybridized carbons (Fsp3) is 0.273. The minimum Gasteiger partial charge on any atom is -0.326 e. The summed E-state index contributed by atoms with van der Waals surface area (Å²) in [6, 6.07) is 8.78. The molecule has 168 valence electrons. The third-order valence-corrected chi connectivity index (χ3v) is 4.61. The highest BCUT2D eigenvalue weighted by Gasteiger charge is 2.31. The topological polar surface area (TPSA) is 88.9 Å². The molecular formula is C22H22F3N5O2. The number of alkyl halides is 3. The number of nitrogens with zero attached hydrogens (tertiary/aromatic N) is 3. The van der Waals surface area contributed by atoms with Gasteiger partial charge in [-0.15, -0.1) is 0 Å². The van der Waals surface area contributed by atoms with Crippen molar-refractivity contribution in [2.45, 2.75) is 33.9 Å². The Morgan fingerprint density at radius 3 is 2.19 bits per heavy atom. The van der Waals surface area contributed by atoms with Crippen LogP contribution in [0.2, 0.25) is 0 Å². The molecule has 3 rings (SSSR count). The Morgan fingerprint density at radius 1 is 0.969 bits per heavy atom. The Kier molecular flexibility index (Phi) is 6.07. The largest absolute Gasteiger partial charge is 0.417 e. The van der Waals surface area contributed by atoms with Crippen molar-refractivity contribution in [3.63, 3.8) is 0 Å². The first-order valence-corrected chi connectivity index (χ1v) is 9.67. The molecule has 0 aliphatic rings. The normalized spacial score (nSPS) is 11.8. The number of carbonyl (C=O) groups is 2. The lowest BCUT2D eigenvalue weighted by Crippen LogP contribution is -2.27. The first-order chi connectivity index (χ1) is 14.9. The number of benzene rings is 1. The van der Waals surface area contributed by atoms with Crippen molar-refractivity contribution >= 4 is 23.2 Å². The van der Waals surface area contributed by atoms with Gasteiger partial charge in [0.25, 0.3) is 5.91 Å². The van der Waals surface area contributed by atoms with Crippen molar-refractivity contribution in [2.24, 2.45) is 5.41 Å². The summed E-state index contributed by atoms with van der Waals surface area (Å²) in [5, 5.41) is 9.60. The lowest BCUT2D eigenvalue weighted by Gasteiger charge is -2.18. The van der Waals surface area contributed by atoms with E-state index in [1.165, 1.54) is 16.9 Å². The molecule has 0 saturated carbocycles. The van der Waals surface area contributed by atoms with E-state index in [1.54, 1.807) is 52.0 Å². The summed E-state index contributed by atoms with van der Waals surface area (Å²) in [4.78, 5) is 28.7. The Morgan fingerprint density at radius 2 is 1.62 bits per heavy atom. The van der Waals surface area contributed by atoms with Crippen LogP contribution in [0.5, 0.6) is 0 Å². The first kappa shape index (κ1) is 23.0. The van der Waals surface area contributed by atoms with Crippen LogP contribution in [0.15, 0.2) is 48.8 Å². The van der Waals surface area contributed by atoms with Gasteiger partial charge < -0.3 is 10.6 Å². The van der Waals surface area contributed by atoms with E-state index in [0.29, 0.717) is 23.3 Å². The number of hydrogen-bond acceptors (Lipinski definition) is 4. The summed E-state index contributed by atoms with van der Waals surface area (Å²) >= 11 is 0. The highest BCUT2D eigenvalue weighted by Crippen LogP contribution is 2.29.